The molecule has 0 saturated carbocycles. The van der Waals surface area contributed by atoms with Gasteiger partial charge in [-0.3, -0.25) is 0 Å². The van der Waals surface area contributed by atoms with E-state index in [1.807, 2.05) is 0 Å². The highest BCUT2D eigenvalue weighted by Gasteiger charge is 2.15. The van der Waals surface area contributed by atoms with E-state index < -0.39 is 29.7 Å². The molecule has 0 amide bonds. The maximum Gasteiger partial charge on any atom is 0.426 e. The molecule has 8 heteroatoms. The highest BCUT2D eigenvalue weighted by molar-refractivity contribution is 7.81. The molecule has 0 aromatic heterocycles. The van der Waals surface area contributed by atoms with Gasteiger partial charge in [-0.2, -0.15) is 8.42 Å². The minimum Gasteiger partial charge on any atom is -0.394 e. The number of hydrogen-bond acceptors (Lipinski definition) is 7. The Morgan fingerprint density at radius 1 is 1.46 bits per heavy atom. The van der Waals surface area contributed by atoms with Crippen LogP contribution in [-0.2, 0) is 23.8 Å². The predicted molar refractivity (Wildman–Crippen MR) is 40.7 cm³/mol. The Kier molecular flexibility index (Phi) is 6.12. The highest BCUT2D eigenvalue weighted by atomic mass is 32.3. The molecule has 0 bridgehead atoms. The van der Waals surface area contributed by atoms with Crippen molar-refractivity contribution < 1.29 is 32.0 Å². The van der Waals surface area contributed by atoms with Crippen LogP contribution in [0, 0.1) is 0 Å². The Morgan fingerprint density at radius 3 is 2.54 bits per heavy atom. The molecule has 0 aliphatic heterocycles. The second kappa shape index (κ2) is 6.24. The minimum absolute atomic E-state index is 0.0468. The average molecular weight is 216 g/mol. The van der Waals surface area contributed by atoms with E-state index in [9.17, 15) is 8.42 Å². The van der Waals surface area contributed by atoms with E-state index in [1.165, 1.54) is 6.92 Å². The van der Waals surface area contributed by atoms with Gasteiger partial charge in [0.2, 0.25) is 0 Å². The molecule has 0 heterocycles. The predicted octanol–water partition coefficient (Wildman–Crippen LogP) is -1.43. The first-order valence-electron chi connectivity index (χ1n) is 3.51. The molecule has 0 aliphatic carbocycles. The van der Waals surface area contributed by atoms with Crippen LogP contribution in [0.1, 0.15) is 6.92 Å². The Labute approximate surface area is 76.1 Å². The average Bonchev–Trinajstić information content (AvgIpc) is 2.11. The van der Waals surface area contributed by atoms with Crippen molar-refractivity contribution in [2.45, 2.75) is 13.0 Å². The van der Waals surface area contributed by atoms with Crippen molar-refractivity contribution in [2.75, 3.05) is 19.8 Å². The third-order valence-corrected chi connectivity index (χ3v) is 1.55. The van der Waals surface area contributed by atoms with E-state index in [1.54, 1.807) is 0 Å². The molecule has 0 spiro atoms. The molecule has 0 fully saturated rings. The third kappa shape index (κ3) is 6.87. The third-order valence-electron chi connectivity index (χ3n) is 0.865. The second-order valence-electron chi connectivity index (χ2n) is 2.00. The zero-order chi connectivity index (χ0) is 10.3. The standard InChI is InChI=1S/C5H12O7S/c1-2-10-12-13(8,9)11-4-5(7)3-6/h5-7H,2-4H2,1H3. The fourth-order valence-electron chi connectivity index (χ4n) is 0.341. The molecule has 1 unspecified atom stereocenters. The van der Waals surface area contributed by atoms with E-state index in [-0.39, 0.29) is 6.61 Å². The topological polar surface area (TPSA) is 102 Å². The molecular formula is C5H12O7S. The second-order valence-corrected chi connectivity index (χ2v) is 3.19. The first-order valence-corrected chi connectivity index (χ1v) is 4.84. The van der Waals surface area contributed by atoms with Gasteiger partial charge in [0.25, 0.3) is 0 Å². The summed E-state index contributed by atoms with van der Waals surface area (Å²) in [5.41, 5.74) is 0. The molecule has 0 aromatic rings. The van der Waals surface area contributed by atoms with Gasteiger partial charge < -0.3 is 10.2 Å². The van der Waals surface area contributed by atoms with Gasteiger partial charge in [0.05, 0.1) is 19.8 Å². The molecule has 0 rings (SSSR count). The number of aliphatic hydroxyl groups excluding tert-OH is 2. The smallest absolute Gasteiger partial charge is 0.394 e. The maximum atomic E-state index is 10.6. The van der Waals surface area contributed by atoms with Crippen molar-refractivity contribution in [1.29, 1.82) is 0 Å². The monoisotopic (exact) mass is 216 g/mol. The summed E-state index contributed by atoms with van der Waals surface area (Å²) in [5, 5.41) is 17.0. The van der Waals surface area contributed by atoms with Gasteiger partial charge in [-0.15, -0.1) is 0 Å². The lowest BCUT2D eigenvalue weighted by atomic mass is 10.4. The van der Waals surface area contributed by atoms with E-state index in [0.29, 0.717) is 0 Å². The van der Waals surface area contributed by atoms with Gasteiger partial charge in [0, 0.05) is 0 Å². The fraction of sp³-hybridized carbons (Fsp3) is 1.00. The van der Waals surface area contributed by atoms with E-state index in [2.05, 4.69) is 13.4 Å². The summed E-state index contributed by atoms with van der Waals surface area (Å²) in [6, 6.07) is 0. The summed E-state index contributed by atoms with van der Waals surface area (Å²) in [6.07, 6.45) is -1.26. The van der Waals surface area contributed by atoms with Crippen molar-refractivity contribution in [3.8, 4) is 0 Å². The van der Waals surface area contributed by atoms with Crippen molar-refractivity contribution in [1.82, 2.24) is 0 Å². The lowest BCUT2D eigenvalue weighted by Gasteiger charge is -2.06. The van der Waals surface area contributed by atoms with Crippen molar-refractivity contribution in [3.63, 3.8) is 0 Å². The molecule has 1 atom stereocenters. The molecular weight excluding hydrogens is 204 g/mol. The zero-order valence-corrected chi connectivity index (χ0v) is 7.86. The molecule has 7 nitrogen and oxygen atoms in total. The SMILES string of the molecule is CCOOS(=O)(=O)OCC(O)CO. The van der Waals surface area contributed by atoms with Crippen LogP contribution in [0.15, 0.2) is 0 Å². The Morgan fingerprint density at radius 2 is 2.08 bits per heavy atom. The largest absolute Gasteiger partial charge is 0.426 e. The lowest BCUT2D eigenvalue weighted by Crippen LogP contribution is -2.23. The summed E-state index contributed by atoms with van der Waals surface area (Å²) >= 11 is 0. The Hall–Kier alpha value is -0.250. The van der Waals surface area contributed by atoms with Crippen LogP contribution in [0.5, 0.6) is 0 Å². The van der Waals surface area contributed by atoms with Gasteiger partial charge in [-0.1, -0.05) is 4.33 Å². The Balaban J connectivity index is 3.76. The molecule has 80 valence electrons. The number of aliphatic hydroxyl groups is 2. The molecule has 0 aromatic carbocycles. The summed E-state index contributed by atoms with van der Waals surface area (Å²) < 4.78 is 29.2. The number of rotatable bonds is 7. The first kappa shape index (κ1) is 12.8. The van der Waals surface area contributed by atoms with E-state index in [0.717, 1.165) is 0 Å². The van der Waals surface area contributed by atoms with E-state index >= 15 is 0 Å². The van der Waals surface area contributed by atoms with Crippen molar-refractivity contribution >= 4 is 10.4 Å². The molecule has 0 saturated heterocycles. The van der Waals surface area contributed by atoms with Gasteiger partial charge in [-0.25, -0.2) is 9.07 Å². The fourth-order valence-corrected chi connectivity index (χ4v) is 0.918. The van der Waals surface area contributed by atoms with Crippen LogP contribution in [-0.4, -0.2) is 44.6 Å². The normalized spacial score (nSPS) is 14.4. The van der Waals surface area contributed by atoms with Crippen LogP contribution >= 0.6 is 0 Å². The van der Waals surface area contributed by atoms with Crippen LogP contribution in [0.25, 0.3) is 0 Å². The highest BCUT2D eigenvalue weighted by Crippen LogP contribution is 1.98. The Bertz CT molecular complexity index is 211. The van der Waals surface area contributed by atoms with Gasteiger partial charge in [0.1, 0.15) is 6.10 Å². The molecule has 0 radical (unpaired) electrons. The molecule has 2 N–H and O–H groups in total. The summed E-state index contributed by atoms with van der Waals surface area (Å²) in [6.45, 7) is 0.402. The van der Waals surface area contributed by atoms with Gasteiger partial charge in [-0.05, 0) is 6.92 Å². The quantitative estimate of drug-likeness (QED) is 0.397. The molecule has 13 heavy (non-hydrogen) atoms. The number of hydrogen-bond donors (Lipinski definition) is 2. The zero-order valence-electron chi connectivity index (χ0n) is 7.04. The van der Waals surface area contributed by atoms with Crippen LogP contribution in [0.4, 0.5) is 0 Å². The van der Waals surface area contributed by atoms with Crippen LogP contribution in [0.3, 0.4) is 0 Å². The lowest BCUT2D eigenvalue weighted by molar-refractivity contribution is -0.205. The van der Waals surface area contributed by atoms with Crippen molar-refractivity contribution in [3.05, 3.63) is 0 Å². The minimum atomic E-state index is -4.24. The van der Waals surface area contributed by atoms with Gasteiger partial charge in [0.15, 0.2) is 0 Å². The molecule has 0 aliphatic rings. The van der Waals surface area contributed by atoms with Gasteiger partial charge >= 0.3 is 10.4 Å². The summed E-state index contributed by atoms with van der Waals surface area (Å²) in [5.74, 6) is 0. The van der Waals surface area contributed by atoms with Crippen molar-refractivity contribution in [2.24, 2.45) is 0 Å². The maximum absolute atomic E-state index is 10.6. The van der Waals surface area contributed by atoms with E-state index in [4.69, 9.17) is 10.2 Å². The van der Waals surface area contributed by atoms with Crippen LogP contribution < -0.4 is 0 Å². The first-order chi connectivity index (χ1) is 6.02. The summed E-state index contributed by atoms with van der Waals surface area (Å²) in [7, 11) is -4.24. The summed E-state index contributed by atoms with van der Waals surface area (Å²) in [4.78, 5) is 4.11. The van der Waals surface area contributed by atoms with Crippen LogP contribution in [0.2, 0.25) is 0 Å².